The van der Waals surface area contributed by atoms with Gasteiger partial charge in [0.15, 0.2) is 0 Å². The fourth-order valence-electron chi connectivity index (χ4n) is 4.04. The molecule has 4 heterocycles. The minimum absolute atomic E-state index is 0.0339. The number of benzene rings is 1. The van der Waals surface area contributed by atoms with E-state index in [1.54, 1.807) is 29.6 Å². The Labute approximate surface area is 201 Å². The predicted molar refractivity (Wildman–Crippen MR) is 122 cm³/mol. The maximum Gasteiger partial charge on any atom is 0.366 e. The number of nitrogens with one attached hydrogen (secondary N) is 1. The van der Waals surface area contributed by atoms with Crippen molar-refractivity contribution in [2.24, 2.45) is 5.73 Å². The van der Waals surface area contributed by atoms with Gasteiger partial charge in [0.05, 0.1) is 11.4 Å². The molecule has 2 aliphatic rings. The Morgan fingerprint density at radius 3 is 2.66 bits per heavy atom. The number of Topliss-reactive ketones (excluding diaryl/α,β-unsaturated/α-hetero) is 1. The number of rotatable bonds is 6. The van der Waals surface area contributed by atoms with Crippen LogP contribution < -0.4 is 5.73 Å². The van der Waals surface area contributed by atoms with Crippen LogP contribution >= 0.6 is 11.3 Å². The Morgan fingerprint density at radius 2 is 1.91 bits per heavy atom. The van der Waals surface area contributed by atoms with Crippen LogP contribution in [0.2, 0.25) is 0 Å². The van der Waals surface area contributed by atoms with Gasteiger partial charge in [-0.2, -0.15) is 0 Å². The van der Waals surface area contributed by atoms with Gasteiger partial charge in [-0.25, -0.2) is 14.4 Å². The Kier molecular flexibility index (Phi) is 5.46. The standard InChI is InChI=1S/C23H18N4O7S/c24-8-7-14-11-25-16-4-3-13(10-15(14)16)12-26-21(31)23(20(30)17-2-1-9-35-17)27(22(26)32)34-19(29)6-5-18(28)33-23/h1-6,9-11,25H,7-8,12,24H2/b6-5-. The van der Waals surface area contributed by atoms with Crippen molar-refractivity contribution in [3.63, 3.8) is 0 Å². The van der Waals surface area contributed by atoms with Crippen LogP contribution in [-0.2, 0) is 36.9 Å². The zero-order valence-corrected chi connectivity index (χ0v) is 18.9. The highest BCUT2D eigenvalue weighted by Crippen LogP contribution is 2.36. The Morgan fingerprint density at radius 1 is 1.11 bits per heavy atom. The minimum Gasteiger partial charge on any atom is -0.415 e. The topological polar surface area (TPSA) is 152 Å². The largest absolute Gasteiger partial charge is 0.415 e. The van der Waals surface area contributed by atoms with Gasteiger partial charge >= 0.3 is 29.6 Å². The smallest absolute Gasteiger partial charge is 0.366 e. The van der Waals surface area contributed by atoms with E-state index >= 15 is 0 Å². The van der Waals surface area contributed by atoms with Crippen LogP contribution in [0.4, 0.5) is 4.79 Å². The molecular formula is C23H18N4O7S. The van der Waals surface area contributed by atoms with Crippen LogP contribution in [-0.4, -0.2) is 56.9 Å². The van der Waals surface area contributed by atoms with Gasteiger partial charge in [0.2, 0.25) is 0 Å². The molecule has 0 saturated carbocycles. The predicted octanol–water partition coefficient (Wildman–Crippen LogP) is 1.65. The number of imide groups is 1. The van der Waals surface area contributed by atoms with Crippen LogP contribution in [0.3, 0.4) is 0 Å². The first kappa shape index (κ1) is 22.5. The van der Waals surface area contributed by atoms with E-state index < -0.39 is 35.4 Å². The number of aromatic nitrogens is 1. The first-order chi connectivity index (χ1) is 16.8. The quantitative estimate of drug-likeness (QED) is 0.227. The SMILES string of the molecule is NCCc1c[nH]c2ccc(CN3C(=O)N4OC(=O)/C=C\C(=O)OC4(C(=O)c4cccs4)C3=O)cc12. The second-order valence-electron chi connectivity index (χ2n) is 7.82. The lowest BCUT2D eigenvalue weighted by atomic mass is 10.0. The molecule has 3 N–H and O–H groups in total. The van der Waals surface area contributed by atoms with E-state index in [2.05, 4.69) is 4.98 Å². The molecule has 5 rings (SSSR count). The van der Waals surface area contributed by atoms with Gasteiger partial charge in [0, 0.05) is 29.3 Å². The number of thiophene rings is 1. The molecule has 178 valence electrons. The maximum atomic E-state index is 13.6. The molecule has 3 aromatic rings. The lowest BCUT2D eigenvalue weighted by Crippen LogP contribution is -2.59. The molecular weight excluding hydrogens is 476 g/mol. The van der Waals surface area contributed by atoms with Gasteiger partial charge in [0.1, 0.15) is 0 Å². The van der Waals surface area contributed by atoms with E-state index in [9.17, 15) is 24.0 Å². The highest BCUT2D eigenvalue weighted by Gasteiger charge is 2.68. The second-order valence-corrected chi connectivity index (χ2v) is 8.76. The summed E-state index contributed by atoms with van der Waals surface area (Å²) >= 11 is 0.978. The van der Waals surface area contributed by atoms with Crippen molar-refractivity contribution in [1.29, 1.82) is 0 Å². The fraction of sp³-hybridized carbons (Fsp3) is 0.174. The fourth-order valence-corrected chi connectivity index (χ4v) is 4.75. The summed E-state index contributed by atoms with van der Waals surface area (Å²) in [7, 11) is 0. The lowest BCUT2D eigenvalue weighted by molar-refractivity contribution is -0.225. The zero-order valence-electron chi connectivity index (χ0n) is 18.1. The highest BCUT2D eigenvalue weighted by molar-refractivity contribution is 7.12. The van der Waals surface area contributed by atoms with E-state index in [-0.39, 0.29) is 16.5 Å². The van der Waals surface area contributed by atoms with Crippen molar-refractivity contribution in [3.8, 4) is 0 Å². The van der Waals surface area contributed by atoms with E-state index in [0.717, 1.165) is 40.0 Å². The van der Waals surface area contributed by atoms with Crippen LogP contribution in [0.5, 0.6) is 0 Å². The molecule has 12 heteroatoms. The van der Waals surface area contributed by atoms with Crippen molar-refractivity contribution in [2.75, 3.05) is 6.54 Å². The second kappa shape index (κ2) is 8.49. The molecule has 0 spiro atoms. The number of amides is 3. The van der Waals surface area contributed by atoms with Crippen molar-refractivity contribution in [3.05, 3.63) is 70.1 Å². The van der Waals surface area contributed by atoms with Crippen molar-refractivity contribution in [1.82, 2.24) is 14.9 Å². The molecule has 1 saturated heterocycles. The molecule has 35 heavy (non-hydrogen) atoms. The van der Waals surface area contributed by atoms with E-state index in [1.807, 2.05) is 6.20 Å². The molecule has 2 aromatic heterocycles. The van der Waals surface area contributed by atoms with Crippen LogP contribution in [0.25, 0.3) is 10.9 Å². The van der Waals surface area contributed by atoms with Crippen molar-refractivity contribution in [2.45, 2.75) is 18.7 Å². The third kappa shape index (κ3) is 3.59. The summed E-state index contributed by atoms with van der Waals surface area (Å²) < 4.78 is 5.25. The number of hydrogen-bond acceptors (Lipinski definition) is 9. The maximum absolute atomic E-state index is 13.6. The Hall–Kier alpha value is -4.29. The number of aromatic amines is 1. The Balaban J connectivity index is 1.57. The normalized spacial score (nSPS) is 20.9. The van der Waals surface area contributed by atoms with Crippen LogP contribution in [0.1, 0.15) is 20.8 Å². The molecule has 1 unspecified atom stereocenters. The molecule has 1 fully saturated rings. The summed E-state index contributed by atoms with van der Waals surface area (Å²) in [5, 5.41) is 2.69. The third-order valence-corrected chi connectivity index (χ3v) is 6.52. The summed E-state index contributed by atoms with van der Waals surface area (Å²) in [4.78, 5) is 73.8. The number of ketones is 1. The van der Waals surface area contributed by atoms with Crippen LogP contribution in [0, 0.1) is 0 Å². The molecule has 2 aliphatic heterocycles. The van der Waals surface area contributed by atoms with Crippen molar-refractivity contribution < 1.29 is 33.5 Å². The number of hydrogen-bond donors (Lipinski definition) is 2. The summed E-state index contributed by atoms with van der Waals surface area (Å²) in [6.07, 6.45) is 3.92. The number of nitrogens with two attached hydrogens (primary N) is 1. The summed E-state index contributed by atoms with van der Waals surface area (Å²) in [6, 6.07) is 7.13. The zero-order chi connectivity index (χ0) is 24.7. The summed E-state index contributed by atoms with van der Waals surface area (Å²) in [6.45, 7) is 0.173. The monoisotopic (exact) mass is 494 g/mol. The number of ether oxygens (including phenoxy) is 1. The minimum atomic E-state index is -2.82. The number of nitrogens with zero attached hydrogens (tertiary/aromatic N) is 2. The van der Waals surface area contributed by atoms with E-state index in [4.69, 9.17) is 15.3 Å². The van der Waals surface area contributed by atoms with Gasteiger partial charge in [-0.1, -0.05) is 17.2 Å². The van der Waals surface area contributed by atoms with Gasteiger partial charge in [-0.15, -0.1) is 11.3 Å². The number of urea groups is 1. The third-order valence-electron chi connectivity index (χ3n) is 5.65. The lowest BCUT2D eigenvalue weighted by Gasteiger charge is -2.30. The van der Waals surface area contributed by atoms with Gasteiger partial charge < -0.3 is 20.3 Å². The van der Waals surface area contributed by atoms with Crippen LogP contribution in [0.15, 0.2) is 54.1 Å². The van der Waals surface area contributed by atoms with E-state index in [0.29, 0.717) is 23.4 Å². The average molecular weight is 494 g/mol. The molecule has 0 radical (unpaired) electrons. The molecule has 0 aliphatic carbocycles. The number of hydroxylamine groups is 2. The number of H-pyrrole nitrogens is 1. The number of fused-ring (bicyclic) bond motifs is 2. The molecule has 0 bridgehead atoms. The first-order valence-electron chi connectivity index (χ1n) is 10.5. The molecule has 1 atom stereocenters. The average Bonchev–Trinajstić information content (AvgIpc) is 3.55. The molecule has 1 aromatic carbocycles. The van der Waals surface area contributed by atoms with E-state index in [1.165, 1.54) is 6.07 Å². The first-order valence-corrected chi connectivity index (χ1v) is 11.4. The van der Waals surface area contributed by atoms with Gasteiger partial charge in [-0.3, -0.25) is 14.5 Å². The summed E-state index contributed by atoms with van der Waals surface area (Å²) in [5.74, 6) is -4.42. The highest BCUT2D eigenvalue weighted by atomic mass is 32.1. The van der Waals surface area contributed by atoms with Gasteiger partial charge in [-0.05, 0) is 47.7 Å². The summed E-state index contributed by atoms with van der Waals surface area (Å²) in [5.41, 5.74) is 5.23. The number of carbonyl (C=O) groups excluding carboxylic acids is 5. The molecule has 11 nitrogen and oxygen atoms in total. The van der Waals surface area contributed by atoms with Crippen molar-refractivity contribution >= 4 is 51.9 Å². The van der Waals surface area contributed by atoms with Gasteiger partial charge in [0.25, 0.3) is 5.78 Å². The Bertz CT molecular complexity index is 1410. The number of esters is 1. The number of carbonyl (C=O) groups is 5. The molecule has 3 amide bonds.